The fraction of sp³-hybridized carbons (Fsp3) is 0.600. The van der Waals surface area contributed by atoms with Crippen LogP contribution in [0, 0.1) is 6.92 Å². The highest BCUT2D eigenvalue weighted by Gasteiger charge is 2.21. The van der Waals surface area contributed by atoms with Crippen LogP contribution in [0.4, 0.5) is 0 Å². The second-order valence-corrected chi connectivity index (χ2v) is 4.93. The van der Waals surface area contributed by atoms with Gasteiger partial charge in [0.2, 0.25) is 0 Å². The maximum Gasteiger partial charge on any atom is 0.119 e. The molecule has 0 bridgehead atoms. The van der Waals surface area contributed by atoms with Gasteiger partial charge in [-0.05, 0) is 56.5 Å². The Kier molecular flexibility index (Phi) is 4.61. The molecule has 1 N–H and O–H groups in total. The Hall–Kier alpha value is -1.06. The van der Waals surface area contributed by atoms with Crippen LogP contribution in [0.2, 0.25) is 0 Å². The van der Waals surface area contributed by atoms with Gasteiger partial charge in [-0.15, -0.1) is 0 Å². The molecule has 0 amide bonds. The summed E-state index contributed by atoms with van der Waals surface area (Å²) in [5.74, 6) is 0.920. The van der Waals surface area contributed by atoms with Gasteiger partial charge in [0.1, 0.15) is 5.75 Å². The molecule has 0 aromatic heterocycles. The lowest BCUT2D eigenvalue weighted by Crippen LogP contribution is -2.22. The first-order valence-corrected chi connectivity index (χ1v) is 6.68. The highest BCUT2D eigenvalue weighted by molar-refractivity contribution is 5.36. The van der Waals surface area contributed by atoms with E-state index in [2.05, 4.69) is 24.4 Å². The van der Waals surface area contributed by atoms with Crippen LogP contribution in [-0.2, 0) is 4.74 Å². The fourth-order valence-corrected chi connectivity index (χ4v) is 2.66. The normalized spacial score (nSPS) is 20.9. The van der Waals surface area contributed by atoms with Crippen LogP contribution < -0.4 is 10.1 Å². The molecule has 3 nitrogen and oxygen atoms in total. The summed E-state index contributed by atoms with van der Waals surface area (Å²) in [5.41, 5.74) is 2.61. The molecule has 2 rings (SSSR count). The zero-order chi connectivity index (χ0) is 13.0. The maximum atomic E-state index is 5.73. The van der Waals surface area contributed by atoms with Crippen molar-refractivity contribution >= 4 is 0 Å². The molecule has 1 aliphatic rings. The molecule has 0 radical (unpaired) electrons. The second-order valence-electron chi connectivity index (χ2n) is 4.93. The Morgan fingerprint density at radius 3 is 2.89 bits per heavy atom. The van der Waals surface area contributed by atoms with E-state index in [1.54, 1.807) is 7.11 Å². The monoisotopic (exact) mass is 249 g/mol. The van der Waals surface area contributed by atoms with Gasteiger partial charge in [-0.3, -0.25) is 0 Å². The predicted octanol–water partition coefficient (Wildman–Crippen LogP) is 2.83. The van der Waals surface area contributed by atoms with Crippen molar-refractivity contribution in [1.29, 1.82) is 0 Å². The highest BCUT2D eigenvalue weighted by Crippen LogP contribution is 2.28. The summed E-state index contributed by atoms with van der Waals surface area (Å²) in [6.45, 7) is 3.06. The smallest absolute Gasteiger partial charge is 0.119 e. The average Bonchev–Trinajstić information content (AvgIpc) is 2.89. The standard InChI is InChI=1S/C15H23NO2/c1-11-9-12(17-3)6-7-14(11)15(16-2)10-13-5-4-8-18-13/h6-7,9,13,15-16H,4-5,8,10H2,1-3H3. The minimum atomic E-state index is 0.360. The third-order valence-electron chi connectivity index (χ3n) is 3.72. The zero-order valence-electron chi connectivity index (χ0n) is 11.5. The van der Waals surface area contributed by atoms with Gasteiger partial charge in [0, 0.05) is 12.6 Å². The van der Waals surface area contributed by atoms with Crippen LogP contribution in [0.25, 0.3) is 0 Å². The number of hydrogen-bond acceptors (Lipinski definition) is 3. The largest absolute Gasteiger partial charge is 0.497 e. The molecule has 1 saturated heterocycles. The molecular weight excluding hydrogens is 226 g/mol. The van der Waals surface area contributed by atoms with E-state index >= 15 is 0 Å². The lowest BCUT2D eigenvalue weighted by molar-refractivity contribution is 0.0953. The van der Waals surface area contributed by atoms with Crippen molar-refractivity contribution < 1.29 is 9.47 Å². The Morgan fingerprint density at radius 2 is 2.33 bits per heavy atom. The molecule has 3 heteroatoms. The topological polar surface area (TPSA) is 30.5 Å². The van der Waals surface area contributed by atoms with E-state index in [1.807, 2.05) is 13.1 Å². The number of nitrogens with one attached hydrogen (secondary N) is 1. The van der Waals surface area contributed by atoms with Gasteiger partial charge < -0.3 is 14.8 Å². The van der Waals surface area contributed by atoms with Crippen molar-refractivity contribution in [2.45, 2.75) is 38.3 Å². The predicted molar refractivity (Wildman–Crippen MR) is 73.1 cm³/mol. The molecule has 100 valence electrons. The third-order valence-corrected chi connectivity index (χ3v) is 3.72. The second kappa shape index (κ2) is 6.21. The lowest BCUT2D eigenvalue weighted by Gasteiger charge is -2.22. The highest BCUT2D eigenvalue weighted by atomic mass is 16.5. The van der Waals surface area contributed by atoms with Crippen LogP contribution in [0.15, 0.2) is 18.2 Å². The average molecular weight is 249 g/mol. The number of benzene rings is 1. The van der Waals surface area contributed by atoms with Crippen LogP contribution in [0.3, 0.4) is 0 Å². The molecule has 1 fully saturated rings. The lowest BCUT2D eigenvalue weighted by atomic mass is 9.95. The first kappa shape index (κ1) is 13.4. The van der Waals surface area contributed by atoms with Crippen LogP contribution in [0.5, 0.6) is 5.75 Å². The summed E-state index contributed by atoms with van der Waals surface area (Å²) in [5, 5.41) is 3.40. The molecule has 0 saturated carbocycles. The van der Waals surface area contributed by atoms with Gasteiger partial charge in [0.15, 0.2) is 0 Å². The maximum absolute atomic E-state index is 5.73. The number of rotatable bonds is 5. The van der Waals surface area contributed by atoms with E-state index < -0.39 is 0 Å². The number of ether oxygens (including phenoxy) is 2. The van der Waals surface area contributed by atoms with Gasteiger partial charge >= 0.3 is 0 Å². The van der Waals surface area contributed by atoms with Gasteiger partial charge in [0.25, 0.3) is 0 Å². The summed E-state index contributed by atoms with van der Waals surface area (Å²) < 4.78 is 11.0. The van der Waals surface area contributed by atoms with Crippen molar-refractivity contribution in [3.63, 3.8) is 0 Å². The van der Waals surface area contributed by atoms with E-state index in [4.69, 9.17) is 9.47 Å². The summed E-state index contributed by atoms with van der Waals surface area (Å²) in [7, 11) is 3.72. The Bertz CT molecular complexity index is 386. The van der Waals surface area contributed by atoms with Gasteiger partial charge in [-0.25, -0.2) is 0 Å². The first-order valence-electron chi connectivity index (χ1n) is 6.68. The molecule has 1 heterocycles. The van der Waals surface area contributed by atoms with Crippen LogP contribution >= 0.6 is 0 Å². The van der Waals surface area contributed by atoms with Crippen LogP contribution in [0.1, 0.15) is 36.4 Å². The van der Waals surface area contributed by atoms with E-state index in [1.165, 1.54) is 24.0 Å². The Morgan fingerprint density at radius 1 is 1.50 bits per heavy atom. The molecule has 1 aromatic carbocycles. The van der Waals surface area contributed by atoms with Crippen LogP contribution in [-0.4, -0.2) is 26.9 Å². The van der Waals surface area contributed by atoms with Gasteiger partial charge in [-0.1, -0.05) is 6.07 Å². The molecule has 18 heavy (non-hydrogen) atoms. The van der Waals surface area contributed by atoms with Crippen molar-refractivity contribution in [3.05, 3.63) is 29.3 Å². The van der Waals surface area contributed by atoms with E-state index in [0.717, 1.165) is 18.8 Å². The van der Waals surface area contributed by atoms with Crippen molar-refractivity contribution in [2.24, 2.45) is 0 Å². The Labute approximate surface area is 109 Å². The summed E-state index contributed by atoms with van der Waals surface area (Å²) in [4.78, 5) is 0. The Balaban J connectivity index is 2.10. The number of hydrogen-bond donors (Lipinski definition) is 1. The number of methoxy groups -OCH3 is 1. The SMILES string of the molecule is CNC(CC1CCCO1)c1ccc(OC)cc1C. The summed E-state index contributed by atoms with van der Waals surface area (Å²) in [6.07, 6.45) is 3.84. The molecule has 1 aromatic rings. The molecule has 0 spiro atoms. The molecule has 1 aliphatic heterocycles. The quantitative estimate of drug-likeness (QED) is 0.870. The van der Waals surface area contributed by atoms with Gasteiger partial charge in [0.05, 0.1) is 13.2 Å². The number of aryl methyl sites for hydroxylation is 1. The minimum Gasteiger partial charge on any atom is -0.497 e. The minimum absolute atomic E-state index is 0.360. The van der Waals surface area contributed by atoms with E-state index in [-0.39, 0.29) is 0 Å². The van der Waals surface area contributed by atoms with Crippen molar-refractivity contribution in [3.8, 4) is 5.75 Å². The zero-order valence-corrected chi connectivity index (χ0v) is 11.5. The molecule has 0 aliphatic carbocycles. The van der Waals surface area contributed by atoms with E-state index in [9.17, 15) is 0 Å². The fourth-order valence-electron chi connectivity index (χ4n) is 2.66. The van der Waals surface area contributed by atoms with Crippen molar-refractivity contribution in [2.75, 3.05) is 20.8 Å². The molecule has 2 atom stereocenters. The molecule has 2 unspecified atom stereocenters. The van der Waals surface area contributed by atoms with Crippen molar-refractivity contribution in [1.82, 2.24) is 5.32 Å². The van der Waals surface area contributed by atoms with Gasteiger partial charge in [-0.2, -0.15) is 0 Å². The summed E-state index contributed by atoms with van der Waals surface area (Å²) >= 11 is 0. The third kappa shape index (κ3) is 3.03. The van der Waals surface area contributed by atoms with E-state index in [0.29, 0.717) is 12.1 Å². The summed E-state index contributed by atoms with van der Waals surface area (Å²) in [6, 6.07) is 6.64. The molecular formula is C15H23NO2. The first-order chi connectivity index (χ1) is 8.74.